The zero-order valence-corrected chi connectivity index (χ0v) is 16.3. The van der Waals surface area contributed by atoms with Crippen LogP contribution in [0.25, 0.3) is 0 Å². The summed E-state index contributed by atoms with van der Waals surface area (Å²) >= 11 is 0.964. The third-order valence-electron chi connectivity index (χ3n) is 4.06. The molecule has 2 heterocycles. The summed E-state index contributed by atoms with van der Waals surface area (Å²) in [6.07, 6.45) is -2.78. The Balaban J connectivity index is 1.94. The van der Waals surface area contributed by atoms with E-state index in [1.165, 1.54) is 0 Å². The number of rotatable bonds is 8. The molecule has 0 spiro atoms. The Hall–Kier alpha value is -2.07. The third-order valence-corrected chi connectivity index (χ3v) is 4.91. The lowest BCUT2D eigenvalue weighted by Crippen LogP contribution is -2.42. The van der Waals surface area contributed by atoms with Crippen LogP contribution in [0, 0.1) is 0 Å². The molecule has 0 aromatic carbocycles. The van der Waals surface area contributed by atoms with Crippen LogP contribution in [-0.4, -0.2) is 42.5 Å². The highest BCUT2D eigenvalue weighted by Crippen LogP contribution is 2.29. The van der Waals surface area contributed by atoms with Gasteiger partial charge >= 0.3 is 6.18 Å². The zero-order valence-electron chi connectivity index (χ0n) is 15.5. The highest BCUT2D eigenvalue weighted by atomic mass is 32.1. The highest BCUT2D eigenvalue weighted by molar-refractivity contribution is 7.09. The Morgan fingerprint density at radius 2 is 2.07 bits per heavy atom. The molecule has 0 aliphatic rings. The van der Waals surface area contributed by atoms with Gasteiger partial charge in [0.05, 0.1) is 18.8 Å². The van der Waals surface area contributed by atoms with Gasteiger partial charge in [-0.2, -0.15) is 13.2 Å². The first-order chi connectivity index (χ1) is 12.9. The molecule has 0 aliphatic heterocycles. The van der Waals surface area contributed by atoms with Crippen molar-refractivity contribution >= 4 is 17.3 Å². The van der Waals surface area contributed by atoms with Gasteiger partial charge in [-0.15, -0.1) is 11.3 Å². The number of furan rings is 1. The minimum atomic E-state index is -4.42. The van der Waals surface area contributed by atoms with E-state index in [0.717, 1.165) is 35.6 Å². The van der Waals surface area contributed by atoms with E-state index in [2.05, 4.69) is 39.4 Å². The van der Waals surface area contributed by atoms with Crippen LogP contribution in [0.5, 0.6) is 0 Å². The van der Waals surface area contributed by atoms with Crippen LogP contribution < -0.4 is 10.6 Å². The van der Waals surface area contributed by atoms with E-state index in [0.29, 0.717) is 17.5 Å². The first-order valence-corrected chi connectivity index (χ1v) is 9.50. The van der Waals surface area contributed by atoms with Crippen molar-refractivity contribution in [3.05, 3.63) is 40.2 Å². The normalized spacial score (nSPS) is 13.8. The van der Waals surface area contributed by atoms with Crippen molar-refractivity contribution in [1.29, 1.82) is 0 Å². The van der Waals surface area contributed by atoms with E-state index in [1.807, 2.05) is 12.1 Å². The number of thiazole rings is 1. The van der Waals surface area contributed by atoms with Gasteiger partial charge in [-0.3, -0.25) is 9.89 Å². The van der Waals surface area contributed by atoms with Crippen molar-refractivity contribution in [2.75, 3.05) is 26.7 Å². The van der Waals surface area contributed by atoms with Crippen LogP contribution in [0.1, 0.15) is 36.4 Å². The van der Waals surface area contributed by atoms with E-state index in [9.17, 15) is 13.2 Å². The van der Waals surface area contributed by atoms with Crippen LogP contribution >= 0.6 is 11.3 Å². The molecule has 1 unspecified atom stereocenters. The lowest BCUT2D eigenvalue weighted by atomic mass is 10.2. The molecule has 1 atom stereocenters. The lowest BCUT2D eigenvalue weighted by molar-refractivity contribution is -0.140. The van der Waals surface area contributed by atoms with Gasteiger partial charge in [-0.05, 0) is 25.2 Å². The minimum absolute atomic E-state index is 0.0187. The maximum atomic E-state index is 12.6. The third kappa shape index (κ3) is 5.96. The van der Waals surface area contributed by atoms with Crippen LogP contribution in [-0.2, 0) is 12.7 Å². The van der Waals surface area contributed by atoms with Gasteiger partial charge in [-0.25, -0.2) is 4.98 Å². The Labute approximate surface area is 160 Å². The molecular formula is C17H24F3N5OS. The molecule has 0 aliphatic carbocycles. The fourth-order valence-corrected chi connectivity index (χ4v) is 3.39. The SMILES string of the molecule is CCN(CC)C(CNC(=NC)NCc1nc(C(F)(F)F)cs1)c1ccco1. The standard InChI is InChI=1S/C17H24F3N5OS/c1-4-25(5-2)12(13-7-6-8-26-13)9-22-16(21-3)23-10-15-24-14(11-27-15)17(18,19)20/h6-8,11-12H,4-5,9-10H2,1-3H3,(H2,21,22,23). The van der Waals surface area contributed by atoms with Crippen LogP contribution in [0.2, 0.25) is 0 Å². The summed E-state index contributed by atoms with van der Waals surface area (Å²) in [5.41, 5.74) is -0.869. The van der Waals surface area contributed by atoms with Crippen LogP contribution in [0.15, 0.2) is 33.2 Å². The van der Waals surface area contributed by atoms with Crippen molar-refractivity contribution in [2.24, 2.45) is 4.99 Å². The smallest absolute Gasteiger partial charge is 0.434 e. The molecule has 0 saturated heterocycles. The molecule has 0 amide bonds. The van der Waals surface area contributed by atoms with Crippen molar-refractivity contribution in [3.8, 4) is 0 Å². The van der Waals surface area contributed by atoms with Crippen molar-refractivity contribution < 1.29 is 17.6 Å². The number of halogens is 3. The Morgan fingerprint density at radius 1 is 1.33 bits per heavy atom. The summed E-state index contributed by atoms with van der Waals surface area (Å²) in [5, 5.41) is 7.56. The quantitative estimate of drug-likeness (QED) is 0.522. The van der Waals surface area contributed by atoms with Crippen molar-refractivity contribution in [3.63, 3.8) is 0 Å². The largest absolute Gasteiger partial charge is 0.468 e. The summed E-state index contributed by atoms with van der Waals surface area (Å²) < 4.78 is 43.4. The Kier molecular flexibility index (Phi) is 7.66. The first kappa shape index (κ1) is 21.2. The molecule has 2 N–H and O–H groups in total. The van der Waals surface area contributed by atoms with Gasteiger partial charge in [-0.1, -0.05) is 13.8 Å². The predicted molar refractivity (Wildman–Crippen MR) is 99.7 cm³/mol. The Morgan fingerprint density at radius 3 is 2.59 bits per heavy atom. The second kappa shape index (κ2) is 9.75. The summed E-state index contributed by atoms with van der Waals surface area (Å²) in [4.78, 5) is 9.97. The molecule has 0 bridgehead atoms. The molecule has 0 radical (unpaired) electrons. The molecule has 6 nitrogen and oxygen atoms in total. The zero-order chi connectivity index (χ0) is 19.9. The van der Waals surface area contributed by atoms with Crippen molar-refractivity contribution in [2.45, 2.75) is 32.6 Å². The summed E-state index contributed by atoms with van der Waals surface area (Å²) in [7, 11) is 1.61. The number of nitrogens with one attached hydrogen (secondary N) is 2. The first-order valence-electron chi connectivity index (χ1n) is 8.62. The number of hydrogen-bond donors (Lipinski definition) is 2. The van der Waals surface area contributed by atoms with Gasteiger partial charge in [0.25, 0.3) is 0 Å². The van der Waals surface area contributed by atoms with Crippen LogP contribution in [0.3, 0.4) is 0 Å². The molecule has 0 saturated carbocycles. The molecule has 2 aromatic heterocycles. The van der Waals surface area contributed by atoms with Crippen LogP contribution in [0.4, 0.5) is 13.2 Å². The molecule has 2 rings (SSSR count). The molecule has 150 valence electrons. The van der Waals surface area contributed by atoms with Gasteiger partial charge < -0.3 is 15.1 Å². The fourth-order valence-electron chi connectivity index (χ4n) is 2.65. The number of alkyl halides is 3. The summed E-state index contributed by atoms with van der Waals surface area (Å²) in [6, 6.07) is 3.79. The van der Waals surface area contributed by atoms with Crippen molar-refractivity contribution in [1.82, 2.24) is 20.5 Å². The molecule has 27 heavy (non-hydrogen) atoms. The van der Waals surface area contributed by atoms with E-state index in [4.69, 9.17) is 4.42 Å². The topological polar surface area (TPSA) is 65.7 Å². The maximum Gasteiger partial charge on any atom is 0.434 e. The van der Waals surface area contributed by atoms with E-state index >= 15 is 0 Å². The number of aromatic nitrogens is 1. The summed E-state index contributed by atoms with van der Waals surface area (Å²) in [6.45, 7) is 6.57. The van der Waals surface area contributed by atoms with E-state index < -0.39 is 11.9 Å². The molecule has 10 heteroatoms. The van der Waals surface area contributed by atoms with Gasteiger partial charge in [0.15, 0.2) is 11.7 Å². The number of aliphatic imine (C=N–C) groups is 1. The number of likely N-dealkylation sites (N-methyl/N-ethyl adjacent to an activating group) is 1. The second-order valence-corrected chi connectivity index (χ2v) is 6.63. The number of nitrogens with zero attached hydrogens (tertiary/aromatic N) is 3. The highest BCUT2D eigenvalue weighted by Gasteiger charge is 2.33. The predicted octanol–water partition coefficient (Wildman–Crippen LogP) is 3.50. The van der Waals surface area contributed by atoms with E-state index in [1.54, 1.807) is 13.3 Å². The Bertz CT molecular complexity index is 710. The molecular weight excluding hydrogens is 379 g/mol. The fraction of sp³-hybridized carbons (Fsp3) is 0.529. The average Bonchev–Trinajstić information content (AvgIpc) is 3.32. The molecule has 2 aromatic rings. The second-order valence-electron chi connectivity index (χ2n) is 5.68. The average molecular weight is 403 g/mol. The maximum absolute atomic E-state index is 12.6. The van der Waals surface area contributed by atoms with E-state index in [-0.39, 0.29) is 12.6 Å². The lowest BCUT2D eigenvalue weighted by Gasteiger charge is -2.28. The number of hydrogen-bond acceptors (Lipinski definition) is 5. The monoisotopic (exact) mass is 403 g/mol. The summed E-state index contributed by atoms with van der Waals surface area (Å²) in [5.74, 6) is 1.33. The van der Waals surface area contributed by atoms with Gasteiger partial charge in [0.2, 0.25) is 0 Å². The van der Waals surface area contributed by atoms with Gasteiger partial charge in [0.1, 0.15) is 10.8 Å². The van der Waals surface area contributed by atoms with Gasteiger partial charge in [0, 0.05) is 19.0 Å². The molecule has 0 fully saturated rings. The minimum Gasteiger partial charge on any atom is -0.468 e. The number of guanidine groups is 1.